The lowest BCUT2D eigenvalue weighted by molar-refractivity contribution is 0.275. The van der Waals surface area contributed by atoms with Crippen molar-refractivity contribution in [2.24, 2.45) is 5.92 Å². The minimum absolute atomic E-state index is 0.169. The molecular weight excluding hydrogens is 525 g/mol. The van der Waals surface area contributed by atoms with Crippen LogP contribution < -0.4 is 10.3 Å². The molecule has 4 rings (SSSR count). The third-order valence-corrected chi connectivity index (χ3v) is 9.78. The summed E-state index contributed by atoms with van der Waals surface area (Å²) in [4.78, 5) is 31.7. The predicted octanol–water partition coefficient (Wildman–Crippen LogP) is 5.25. The second-order valence-corrected chi connectivity index (χ2v) is 12.9. The summed E-state index contributed by atoms with van der Waals surface area (Å²) in [5.74, 6) is 2.27. The van der Waals surface area contributed by atoms with Gasteiger partial charge in [-0.15, -0.1) is 5.10 Å². The number of nitrogens with one attached hydrogen (secondary N) is 1. The number of aromatic amines is 1. The van der Waals surface area contributed by atoms with Crippen molar-refractivity contribution >= 4 is 25.1 Å². The van der Waals surface area contributed by atoms with Gasteiger partial charge in [0.15, 0.2) is 11.3 Å². The van der Waals surface area contributed by atoms with Crippen LogP contribution >= 0.6 is 19.5 Å². The lowest BCUT2D eigenvalue weighted by Gasteiger charge is -2.31. The minimum Gasteiger partial charge on any atom is -0.493 e. The third-order valence-electron chi connectivity index (χ3n) is 7.14. The summed E-state index contributed by atoms with van der Waals surface area (Å²) in [7, 11) is -2.21. The second-order valence-electron chi connectivity index (χ2n) is 9.69. The lowest BCUT2D eigenvalue weighted by Crippen LogP contribution is -2.30. The summed E-state index contributed by atoms with van der Waals surface area (Å²) in [5.41, 5.74) is 1.64. The molecule has 0 saturated carbocycles. The van der Waals surface area contributed by atoms with Crippen molar-refractivity contribution in [3.8, 4) is 17.1 Å². The lowest BCUT2D eigenvalue weighted by atomic mass is 10.0. The topological polar surface area (TPSA) is 122 Å². The van der Waals surface area contributed by atoms with Crippen molar-refractivity contribution < 1.29 is 18.7 Å². The fraction of sp³-hybridized carbons (Fsp3) is 0.577. The fourth-order valence-electron chi connectivity index (χ4n) is 5.00. The Labute approximate surface area is 227 Å². The average Bonchev–Trinajstić information content (AvgIpc) is 3.23. The average molecular weight is 564 g/mol. The first kappa shape index (κ1) is 28.8. The van der Waals surface area contributed by atoms with Gasteiger partial charge >= 0.3 is 7.60 Å². The van der Waals surface area contributed by atoms with E-state index in [0.29, 0.717) is 35.0 Å². The molecule has 2 aromatic heterocycles. The Morgan fingerprint density at radius 3 is 2.58 bits per heavy atom. The summed E-state index contributed by atoms with van der Waals surface area (Å²) >= 11 is 1.63. The van der Waals surface area contributed by atoms with E-state index in [2.05, 4.69) is 23.1 Å². The highest BCUT2D eigenvalue weighted by Crippen LogP contribution is 2.45. The van der Waals surface area contributed by atoms with E-state index in [9.17, 15) is 14.3 Å². The van der Waals surface area contributed by atoms with Gasteiger partial charge in [0, 0.05) is 31.0 Å². The number of benzene rings is 1. The number of aryl methyl sites for hydroxylation is 1. The van der Waals surface area contributed by atoms with E-state index in [-0.39, 0.29) is 23.6 Å². The van der Waals surface area contributed by atoms with Crippen molar-refractivity contribution in [1.82, 2.24) is 23.9 Å². The zero-order valence-corrected chi connectivity index (χ0v) is 24.5. The number of aromatic nitrogens is 4. The van der Waals surface area contributed by atoms with Crippen LogP contribution in [0.25, 0.3) is 16.9 Å². The molecule has 1 aliphatic rings. The summed E-state index contributed by atoms with van der Waals surface area (Å²) in [6.45, 7) is 10.1. The molecule has 0 radical (unpaired) electrons. The highest BCUT2D eigenvalue weighted by molar-refractivity contribution is 7.97. The Bertz CT molecular complexity index is 1360. The molecule has 0 bridgehead atoms. The van der Waals surface area contributed by atoms with Crippen LogP contribution in [0.3, 0.4) is 0 Å². The highest BCUT2D eigenvalue weighted by atomic mass is 32.2. The van der Waals surface area contributed by atoms with Crippen LogP contribution in [0.15, 0.2) is 27.9 Å². The van der Waals surface area contributed by atoms with Gasteiger partial charge in [0.2, 0.25) is 0 Å². The first-order valence-electron chi connectivity index (χ1n) is 13.3. The van der Waals surface area contributed by atoms with E-state index in [1.54, 1.807) is 16.5 Å². The number of H-pyrrole nitrogens is 1. The van der Waals surface area contributed by atoms with Crippen LogP contribution in [0.2, 0.25) is 0 Å². The van der Waals surface area contributed by atoms with Crippen molar-refractivity contribution in [3.05, 3.63) is 40.1 Å². The largest absolute Gasteiger partial charge is 0.493 e. The number of hydrogen-bond acceptors (Lipinski definition) is 8. The number of nitrogens with zero attached hydrogens (tertiary/aromatic N) is 4. The Kier molecular flexibility index (Phi) is 9.36. The normalized spacial score (nSPS) is 16.8. The van der Waals surface area contributed by atoms with Gasteiger partial charge in [0.25, 0.3) is 5.56 Å². The molecule has 208 valence electrons. The van der Waals surface area contributed by atoms with Crippen molar-refractivity contribution in [1.29, 1.82) is 0 Å². The molecule has 1 aromatic carbocycles. The summed E-state index contributed by atoms with van der Waals surface area (Å²) in [6, 6.07) is 5.92. The van der Waals surface area contributed by atoms with Gasteiger partial charge in [-0.2, -0.15) is 0 Å². The molecular formula is C26H38N5O5PS. The maximum atomic E-state index is 13.2. The molecule has 10 nitrogen and oxygen atoms in total. The highest BCUT2D eigenvalue weighted by Gasteiger charge is 2.28. The molecule has 1 atom stereocenters. The molecule has 12 heteroatoms. The van der Waals surface area contributed by atoms with Crippen molar-refractivity contribution in [2.75, 3.05) is 33.0 Å². The van der Waals surface area contributed by atoms with Crippen LogP contribution in [-0.4, -0.2) is 61.7 Å². The van der Waals surface area contributed by atoms with E-state index < -0.39 is 7.60 Å². The SMILES string of the molecule is CCOc1ccc(SN2CCC(CP(=O)(O)OC)CC2)cc1-c1nn2c(C(CC)CC)nc(C)c2c(=O)[nH]1. The maximum Gasteiger partial charge on any atom is 0.328 e. The van der Waals surface area contributed by atoms with Gasteiger partial charge in [-0.25, -0.2) is 13.8 Å². The standard InChI is InChI=1S/C26H38N5O5PS/c1-6-19(7-2)25-27-17(4)23-26(32)28-24(29-31(23)25)21-15-20(9-10-22(21)36-8-3)38-30-13-11-18(12-14-30)16-37(33,34)35-5/h9-10,15,18-19H,6-8,11-14,16H2,1-5H3,(H,33,34)(H,28,29,32). The molecule has 0 amide bonds. The van der Waals surface area contributed by atoms with Crippen LogP contribution in [0.4, 0.5) is 0 Å². The number of hydrogen-bond donors (Lipinski definition) is 2. The van der Waals surface area contributed by atoms with Crippen LogP contribution in [0, 0.1) is 12.8 Å². The molecule has 1 aliphatic heterocycles. The first-order chi connectivity index (χ1) is 18.2. The van der Waals surface area contributed by atoms with Crippen LogP contribution in [0.5, 0.6) is 5.75 Å². The van der Waals surface area contributed by atoms with Crippen molar-refractivity contribution in [3.63, 3.8) is 0 Å². The van der Waals surface area contributed by atoms with E-state index in [4.69, 9.17) is 19.3 Å². The number of ether oxygens (including phenoxy) is 1. The van der Waals surface area contributed by atoms with E-state index >= 15 is 0 Å². The molecule has 3 heterocycles. The summed E-state index contributed by atoms with van der Waals surface area (Å²) < 4.78 is 26.6. The minimum atomic E-state index is -3.50. The van der Waals surface area contributed by atoms with Gasteiger partial charge in [0.1, 0.15) is 11.6 Å². The Balaban J connectivity index is 1.63. The van der Waals surface area contributed by atoms with Crippen LogP contribution in [0.1, 0.15) is 63.9 Å². The van der Waals surface area contributed by atoms with Gasteiger partial charge in [-0.1, -0.05) is 13.8 Å². The molecule has 1 saturated heterocycles. The van der Waals surface area contributed by atoms with Gasteiger partial charge < -0.3 is 19.1 Å². The van der Waals surface area contributed by atoms with Crippen LogP contribution in [-0.2, 0) is 9.09 Å². The predicted molar refractivity (Wildman–Crippen MR) is 150 cm³/mol. The molecule has 1 unspecified atom stereocenters. The summed E-state index contributed by atoms with van der Waals surface area (Å²) in [6.07, 6.45) is 3.67. The number of piperidine rings is 1. The quantitative estimate of drug-likeness (QED) is 0.238. The van der Waals surface area contributed by atoms with E-state index in [1.165, 1.54) is 7.11 Å². The second kappa shape index (κ2) is 12.3. The number of fused-ring (bicyclic) bond motifs is 1. The number of imidazole rings is 1. The fourth-order valence-corrected chi connectivity index (χ4v) is 7.16. The van der Waals surface area contributed by atoms with Gasteiger partial charge in [-0.3, -0.25) is 9.36 Å². The van der Waals surface area contributed by atoms with Gasteiger partial charge in [0.05, 0.1) is 24.0 Å². The first-order valence-corrected chi connectivity index (χ1v) is 15.8. The zero-order valence-electron chi connectivity index (χ0n) is 22.8. The van der Waals surface area contributed by atoms with E-state index in [1.807, 2.05) is 32.0 Å². The molecule has 0 aliphatic carbocycles. The molecule has 0 spiro atoms. The smallest absolute Gasteiger partial charge is 0.328 e. The zero-order chi connectivity index (χ0) is 27.4. The molecule has 3 aromatic rings. The number of rotatable bonds is 11. The third kappa shape index (κ3) is 6.34. The Morgan fingerprint density at radius 1 is 1.24 bits per heavy atom. The molecule has 1 fully saturated rings. The molecule has 2 N–H and O–H groups in total. The monoisotopic (exact) mass is 563 g/mol. The Hall–Kier alpha value is -2.17. The summed E-state index contributed by atoms with van der Waals surface area (Å²) in [5, 5.41) is 4.86. The Morgan fingerprint density at radius 2 is 1.95 bits per heavy atom. The molecule has 38 heavy (non-hydrogen) atoms. The van der Waals surface area contributed by atoms with Crippen molar-refractivity contribution in [2.45, 2.75) is 64.2 Å². The maximum absolute atomic E-state index is 13.2. The van der Waals surface area contributed by atoms with E-state index in [0.717, 1.165) is 49.5 Å². The van der Waals surface area contributed by atoms with Gasteiger partial charge in [-0.05, 0) is 75.6 Å².